The van der Waals surface area contributed by atoms with Gasteiger partial charge in [-0.1, -0.05) is 223 Å². The van der Waals surface area contributed by atoms with Gasteiger partial charge >= 0.3 is 5.97 Å². The molecule has 14 heteroatoms. The molecule has 0 amide bonds. The molecule has 2 heterocycles. The molecule has 438 valence electrons. The van der Waals surface area contributed by atoms with E-state index in [0.29, 0.717) is 13.0 Å². The van der Waals surface area contributed by atoms with Gasteiger partial charge in [0.1, 0.15) is 54.9 Å². The Morgan fingerprint density at radius 1 is 0.453 bits per heavy atom. The molecule has 2 rings (SSSR count). The Hall–Kier alpha value is -2.05. The Balaban J connectivity index is 1.70. The van der Waals surface area contributed by atoms with Crippen molar-refractivity contribution >= 4 is 5.97 Å². The van der Waals surface area contributed by atoms with Crippen molar-refractivity contribution in [3.8, 4) is 0 Å². The van der Waals surface area contributed by atoms with Gasteiger partial charge in [-0.3, -0.25) is 4.79 Å². The Kier molecular flexibility index (Phi) is 44.1. The number of aliphatic hydroxyl groups excluding tert-OH is 7. The van der Waals surface area contributed by atoms with E-state index in [4.69, 9.17) is 28.4 Å². The van der Waals surface area contributed by atoms with Gasteiger partial charge in [-0.05, 0) is 51.4 Å². The molecule has 0 aromatic carbocycles. The number of carbonyl (C=O) groups is 1. The van der Waals surface area contributed by atoms with Crippen LogP contribution in [0.3, 0.4) is 0 Å². The predicted octanol–water partition coefficient (Wildman–Crippen LogP) is 11.1. The molecule has 0 aromatic heterocycles. The van der Waals surface area contributed by atoms with E-state index in [1.165, 1.54) is 135 Å². The summed E-state index contributed by atoms with van der Waals surface area (Å²) in [6.45, 7) is 3.61. The van der Waals surface area contributed by atoms with Gasteiger partial charge in [0.15, 0.2) is 12.6 Å². The van der Waals surface area contributed by atoms with Gasteiger partial charge in [0.2, 0.25) is 0 Å². The van der Waals surface area contributed by atoms with Crippen LogP contribution in [0.5, 0.6) is 0 Å². The minimum absolute atomic E-state index is 0.0603. The van der Waals surface area contributed by atoms with Crippen LogP contribution in [0.2, 0.25) is 0 Å². The van der Waals surface area contributed by atoms with E-state index < -0.39 is 80.7 Å². The van der Waals surface area contributed by atoms with Gasteiger partial charge < -0.3 is 64.2 Å². The summed E-state index contributed by atoms with van der Waals surface area (Å²) in [6, 6.07) is 0. The van der Waals surface area contributed by atoms with E-state index in [1.54, 1.807) is 0 Å². The van der Waals surface area contributed by atoms with E-state index in [2.05, 4.69) is 62.5 Å². The van der Waals surface area contributed by atoms with Crippen LogP contribution >= 0.6 is 0 Å². The second-order valence-corrected chi connectivity index (χ2v) is 21.2. The molecule has 2 aliphatic rings. The van der Waals surface area contributed by atoms with E-state index in [-0.39, 0.29) is 25.6 Å². The summed E-state index contributed by atoms with van der Waals surface area (Å²) >= 11 is 0. The molecule has 0 saturated carbocycles. The first-order valence-corrected chi connectivity index (χ1v) is 30.2. The smallest absolute Gasteiger partial charge is 0.306 e. The van der Waals surface area contributed by atoms with Crippen LogP contribution in [0.15, 0.2) is 48.6 Å². The Morgan fingerprint density at radius 2 is 0.867 bits per heavy atom. The van der Waals surface area contributed by atoms with Crippen LogP contribution in [0.1, 0.15) is 232 Å². The minimum Gasteiger partial charge on any atom is -0.457 e. The molecular weight excluding hydrogens is 957 g/mol. The van der Waals surface area contributed by atoms with Crippen LogP contribution in [-0.2, 0) is 33.2 Å². The standard InChI is InChI=1S/C61H110O14/c1-3-5-7-9-11-13-15-17-19-21-23-25-26-28-30-32-34-36-38-40-42-44-53(63)73-50(47-70-45-43-41-39-37-35-33-31-29-27-24-22-20-18-16-14-12-10-8-6-4-2)48-71-60-59(69)57(67)55(65)52(75-60)49-72-61-58(68)56(66)54(64)51(46-62)74-61/h5,7,11,13,17,19,23,25,50-52,54-62,64-69H,3-4,6,8-10,12,14-16,18,20-22,24,26-49H2,1-2H3/b7-5-,13-11-,19-17-,25-23-. The highest BCUT2D eigenvalue weighted by Gasteiger charge is 2.47. The van der Waals surface area contributed by atoms with Crippen molar-refractivity contribution in [3.63, 3.8) is 0 Å². The van der Waals surface area contributed by atoms with E-state index in [0.717, 1.165) is 70.6 Å². The largest absolute Gasteiger partial charge is 0.457 e. The summed E-state index contributed by atoms with van der Waals surface area (Å²) < 4.78 is 34.4. The third-order valence-electron chi connectivity index (χ3n) is 14.4. The number of carbonyl (C=O) groups excluding carboxylic acids is 1. The van der Waals surface area contributed by atoms with Gasteiger partial charge in [0, 0.05) is 13.0 Å². The first-order chi connectivity index (χ1) is 36.6. The number of ether oxygens (including phenoxy) is 6. The van der Waals surface area contributed by atoms with Gasteiger partial charge in [-0.25, -0.2) is 0 Å². The first kappa shape index (κ1) is 69.1. The van der Waals surface area contributed by atoms with Crippen LogP contribution in [0.25, 0.3) is 0 Å². The zero-order chi connectivity index (χ0) is 54.4. The van der Waals surface area contributed by atoms with Crippen molar-refractivity contribution in [2.24, 2.45) is 0 Å². The molecule has 0 spiro atoms. The lowest BCUT2D eigenvalue weighted by Gasteiger charge is -2.42. The number of hydrogen-bond donors (Lipinski definition) is 7. The summed E-state index contributed by atoms with van der Waals surface area (Å²) in [7, 11) is 0. The second kappa shape index (κ2) is 47.9. The fourth-order valence-corrected chi connectivity index (χ4v) is 9.51. The predicted molar refractivity (Wildman–Crippen MR) is 298 cm³/mol. The van der Waals surface area contributed by atoms with Crippen LogP contribution < -0.4 is 0 Å². The molecule has 7 N–H and O–H groups in total. The number of esters is 1. The lowest BCUT2D eigenvalue weighted by Crippen LogP contribution is -2.61. The SMILES string of the molecule is CC/C=C\C/C=C\C/C=C\C/C=C\CCCCCCCCCCC(=O)OC(COCCCCCCCCCCCCCCCCCCCCCC)COC1OC(COC2OC(CO)C(O)C(O)C2O)C(O)C(O)C1O. The van der Waals surface area contributed by atoms with Gasteiger partial charge in [-0.2, -0.15) is 0 Å². The zero-order valence-corrected chi connectivity index (χ0v) is 47.0. The third-order valence-corrected chi connectivity index (χ3v) is 14.4. The maximum absolute atomic E-state index is 13.1. The van der Waals surface area contributed by atoms with Crippen molar-refractivity contribution in [2.45, 2.75) is 300 Å². The van der Waals surface area contributed by atoms with Crippen LogP contribution in [-0.4, -0.2) is 142 Å². The Labute approximate surface area is 454 Å². The number of hydrogen-bond acceptors (Lipinski definition) is 14. The monoisotopic (exact) mass is 1070 g/mol. The normalized spacial score (nSPS) is 24.9. The minimum atomic E-state index is -1.71. The topological polar surface area (TPSA) is 214 Å². The fraction of sp³-hybridized carbons (Fsp3) is 0.852. The lowest BCUT2D eigenvalue weighted by molar-refractivity contribution is -0.332. The van der Waals surface area contributed by atoms with Crippen molar-refractivity contribution < 1.29 is 69.0 Å². The number of allylic oxidation sites excluding steroid dienone is 8. The molecule has 0 radical (unpaired) electrons. The maximum atomic E-state index is 13.1. The maximum Gasteiger partial charge on any atom is 0.306 e. The highest BCUT2D eigenvalue weighted by molar-refractivity contribution is 5.69. The first-order valence-electron chi connectivity index (χ1n) is 30.2. The van der Waals surface area contributed by atoms with E-state index in [9.17, 15) is 40.5 Å². The van der Waals surface area contributed by atoms with Gasteiger partial charge in [0.05, 0.1) is 26.4 Å². The van der Waals surface area contributed by atoms with E-state index in [1.807, 2.05) is 0 Å². The fourth-order valence-electron chi connectivity index (χ4n) is 9.51. The van der Waals surface area contributed by atoms with Crippen LogP contribution in [0.4, 0.5) is 0 Å². The summed E-state index contributed by atoms with van der Waals surface area (Å²) in [5.74, 6) is -0.381. The van der Waals surface area contributed by atoms with Gasteiger partial charge in [0.25, 0.3) is 0 Å². The molecule has 11 unspecified atom stereocenters. The average molecular weight is 1070 g/mol. The third kappa shape index (κ3) is 34.5. The molecule has 2 saturated heterocycles. The lowest BCUT2D eigenvalue weighted by atomic mass is 9.98. The summed E-state index contributed by atoms with van der Waals surface area (Å²) in [4.78, 5) is 13.1. The Bertz CT molecular complexity index is 1420. The van der Waals surface area contributed by atoms with Crippen molar-refractivity contribution in [3.05, 3.63) is 48.6 Å². The molecule has 0 aliphatic carbocycles. The highest BCUT2D eigenvalue weighted by Crippen LogP contribution is 2.27. The van der Waals surface area contributed by atoms with E-state index >= 15 is 0 Å². The quantitative estimate of drug-likeness (QED) is 0.0172. The zero-order valence-electron chi connectivity index (χ0n) is 47.0. The second-order valence-electron chi connectivity index (χ2n) is 21.2. The molecule has 14 nitrogen and oxygen atoms in total. The number of unbranched alkanes of at least 4 members (excludes halogenated alkanes) is 27. The molecule has 11 atom stereocenters. The number of rotatable bonds is 49. The molecular formula is C61H110O14. The summed E-state index contributed by atoms with van der Waals surface area (Å²) in [6.07, 6.45) is 41.7. The van der Waals surface area contributed by atoms with Gasteiger partial charge in [-0.15, -0.1) is 0 Å². The summed E-state index contributed by atoms with van der Waals surface area (Å²) in [5.41, 5.74) is 0. The number of aliphatic hydroxyl groups is 7. The highest BCUT2D eigenvalue weighted by atomic mass is 16.7. The van der Waals surface area contributed by atoms with Crippen molar-refractivity contribution in [1.82, 2.24) is 0 Å². The average Bonchev–Trinajstić information content (AvgIpc) is 3.41. The molecule has 0 aromatic rings. The molecule has 2 fully saturated rings. The molecule has 75 heavy (non-hydrogen) atoms. The van der Waals surface area contributed by atoms with Crippen LogP contribution in [0, 0.1) is 0 Å². The van der Waals surface area contributed by atoms with Crippen molar-refractivity contribution in [2.75, 3.05) is 33.0 Å². The summed E-state index contributed by atoms with van der Waals surface area (Å²) in [5, 5.41) is 72.4. The Morgan fingerprint density at radius 3 is 1.36 bits per heavy atom. The van der Waals surface area contributed by atoms with Crippen molar-refractivity contribution in [1.29, 1.82) is 0 Å². The molecule has 2 aliphatic heterocycles. The molecule has 0 bridgehead atoms.